The first-order valence-corrected chi connectivity index (χ1v) is 9.71. The third-order valence-corrected chi connectivity index (χ3v) is 4.47. The van der Waals surface area contributed by atoms with Crippen LogP contribution in [0.1, 0.15) is 61.4 Å². The summed E-state index contributed by atoms with van der Waals surface area (Å²) in [5.41, 5.74) is -0.324. The zero-order valence-electron chi connectivity index (χ0n) is 18.2. The first kappa shape index (κ1) is 25.1. The highest BCUT2D eigenvalue weighted by Crippen LogP contribution is 2.24. The molecule has 1 rings (SSSR count). The highest BCUT2D eigenvalue weighted by atomic mass is 16.5. The minimum atomic E-state index is -1.23. The van der Waals surface area contributed by atoms with Crippen molar-refractivity contribution in [3.8, 4) is 0 Å². The van der Waals surface area contributed by atoms with Crippen molar-refractivity contribution in [1.82, 2.24) is 9.88 Å². The number of methoxy groups -OCH3 is 2. The number of carboxylic acid groups (broad SMARTS) is 1. The average Bonchev–Trinajstić information content (AvgIpc) is 2.70. The van der Waals surface area contributed by atoms with Gasteiger partial charge in [-0.25, -0.2) is 14.4 Å². The van der Waals surface area contributed by atoms with Gasteiger partial charge in [-0.2, -0.15) is 0 Å². The topological polar surface area (TPSA) is 123 Å². The van der Waals surface area contributed by atoms with Crippen LogP contribution < -0.4 is 0 Å². The molecule has 9 heteroatoms. The van der Waals surface area contributed by atoms with Crippen molar-refractivity contribution in [1.29, 1.82) is 0 Å². The number of rotatable bonds is 10. The van der Waals surface area contributed by atoms with Crippen LogP contribution in [-0.2, 0) is 19.1 Å². The number of esters is 2. The number of nitrogens with zero attached hydrogens (tertiary/aromatic N) is 2. The molecule has 0 spiro atoms. The lowest BCUT2D eigenvalue weighted by Gasteiger charge is -2.36. The Bertz CT molecular complexity index is 746. The molecule has 166 valence electrons. The van der Waals surface area contributed by atoms with E-state index in [-0.39, 0.29) is 35.9 Å². The molecule has 1 N–H and O–H groups in total. The molecule has 1 heterocycles. The Balaban J connectivity index is 3.62. The van der Waals surface area contributed by atoms with Crippen LogP contribution in [0, 0.1) is 11.8 Å². The molecule has 30 heavy (non-hydrogen) atoms. The number of hydrogen-bond acceptors (Lipinski definition) is 7. The summed E-state index contributed by atoms with van der Waals surface area (Å²) in [6, 6.07) is 0.230. The standard InChI is InChI=1S/C21H30N2O7/c1-12(2)9-16(20(27)29-5)23(17(10-13(3)4)21(28)30-6)18(24)15-11-14(19(25)26)7-8-22-15/h7-8,11-13,16-17H,9-10H2,1-6H3,(H,25,26). The molecule has 0 aliphatic carbocycles. The first-order valence-electron chi connectivity index (χ1n) is 9.71. The molecule has 1 aromatic heterocycles. The Morgan fingerprint density at radius 3 is 1.80 bits per heavy atom. The predicted octanol–water partition coefficient (Wildman–Crippen LogP) is 2.40. The summed E-state index contributed by atoms with van der Waals surface area (Å²) in [5, 5.41) is 9.24. The lowest BCUT2D eigenvalue weighted by molar-refractivity contribution is -0.153. The highest BCUT2D eigenvalue weighted by molar-refractivity contribution is 5.99. The molecule has 0 saturated carbocycles. The van der Waals surface area contributed by atoms with E-state index in [0.29, 0.717) is 0 Å². The molecule has 9 nitrogen and oxygen atoms in total. The summed E-state index contributed by atoms with van der Waals surface area (Å²) in [4.78, 5) is 55.1. The van der Waals surface area contributed by atoms with E-state index >= 15 is 0 Å². The maximum atomic E-state index is 13.5. The molecule has 2 atom stereocenters. The second-order valence-corrected chi connectivity index (χ2v) is 7.78. The van der Waals surface area contributed by atoms with Gasteiger partial charge in [0.1, 0.15) is 17.8 Å². The van der Waals surface area contributed by atoms with Gasteiger partial charge < -0.3 is 19.5 Å². The minimum absolute atomic E-state index is 0.0000556. The SMILES string of the molecule is COC(=O)C(CC(C)C)N(C(=O)c1cc(C(=O)O)ccn1)C(CC(C)C)C(=O)OC. The Labute approximate surface area is 176 Å². The summed E-state index contributed by atoms with van der Waals surface area (Å²) in [6.07, 6.45) is 1.67. The van der Waals surface area contributed by atoms with E-state index in [0.717, 1.165) is 11.0 Å². The van der Waals surface area contributed by atoms with Crippen LogP contribution in [0.15, 0.2) is 18.3 Å². The molecule has 1 amide bonds. The fourth-order valence-electron chi connectivity index (χ4n) is 3.12. The van der Waals surface area contributed by atoms with Gasteiger partial charge in [-0.05, 0) is 36.8 Å². The molecule has 0 fully saturated rings. The Morgan fingerprint density at radius 1 is 0.967 bits per heavy atom. The Hall–Kier alpha value is -2.97. The number of amides is 1. The number of carbonyl (C=O) groups is 4. The van der Waals surface area contributed by atoms with Gasteiger partial charge in [0.25, 0.3) is 5.91 Å². The van der Waals surface area contributed by atoms with Crippen molar-refractivity contribution in [2.24, 2.45) is 11.8 Å². The fourth-order valence-corrected chi connectivity index (χ4v) is 3.12. The number of ether oxygens (including phenoxy) is 2. The predicted molar refractivity (Wildman–Crippen MR) is 108 cm³/mol. The summed E-state index contributed by atoms with van der Waals surface area (Å²) >= 11 is 0. The van der Waals surface area contributed by atoms with Crippen LogP contribution in [0.25, 0.3) is 0 Å². The van der Waals surface area contributed by atoms with E-state index in [9.17, 15) is 24.3 Å². The molecule has 1 aromatic rings. The Morgan fingerprint density at radius 2 is 1.43 bits per heavy atom. The fraction of sp³-hybridized carbons (Fsp3) is 0.571. The van der Waals surface area contributed by atoms with Crippen molar-refractivity contribution in [2.75, 3.05) is 14.2 Å². The van der Waals surface area contributed by atoms with E-state index in [1.54, 1.807) is 0 Å². The summed E-state index contributed by atoms with van der Waals surface area (Å²) in [6.45, 7) is 7.49. The normalized spacial score (nSPS) is 12.9. The van der Waals surface area contributed by atoms with Crippen LogP contribution in [0.2, 0.25) is 0 Å². The van der Waals surface area contributed by atoms with E-state index in [4.69, 9.17) is 9.47 Å². The third kappa shape index (κ3) is 6.53. The van der Waals surface area contributed by atoms with Gasteiger partial charge in [0, 0.05) is 6.20 Å². The molecular weight excluding hydrogens is 392 g/mol. The van der Waals surface area contributed by atoms with Gasteiger partial charge in [-0.3, -0.25) is 9.78 Å². The molecule has 0 aromatic carbocycles. The molecule has 0 saturated heterocycles. The van der Waals surface area contributed by atoms with Crippen molar-refractivity contribution in [3.63, 3.8) is 0 Å². The van der Waals surface area contributed by atoms with Crippen molar-refractivity contribution >= 4 is 23.8 Å². The van der Waals surface area contributed by atoms with Gasteiger partial charge in [0.15, 0.2) is 0 Å². The van der Waals surface area contributed by atoms with Crippen LogP contribution in [-0.4, -0.2) is 65.1 Å². The number of pyridine rings is 1. The summed E-state index contributed by atoms with van der Waals surface area (Å²) in [7, 11) is 2.41. The maximum absolute atomic E-state index is 13.5. The van der Waals surface area contributed by atoms with E-state index < -0.39 is 35.9 Å². The van der Waals surface area contributed by atoms with Gasteiger partial charge >= 0.3 is 17.9 Å². The molecule has 0 aliphatic rings. The summed E-state index contributed by atoms with van der Waals surface area (Å²) in [5.74, 6) is -3.32. The lowest BCUT2D eigenvalue weighted by atomic mass is 9.96. The van der Waals surface area contributed by atoms with E-state index in [1.165, 1.54) is 26.5 Å². The largest absolute Gasteiger partial charge is 0.478 e. The molecule has 0 aliphatic heterocycles. The lowest BCUT2D eigenvalue weighted by Crippen LogP contribution is -2.55. The van der Waals surface area contributed by atoms with Gasteiger partial charge in [0.2, 0.25) is 0 Å². The smallest absolute Gasteiger partial charge is 0.335 e. The molecule has 0 radical (unpaired) electrons. The number of carboxylic acids is 1. The third-order valence-electron chi connectivity index (χ3n) is 4.47. The maximum Gasteiger partial charge on any atom is 0.335 e. The number of aromatic carboxylic acids is 1. The van der Waals surface area contributed by atoms with Crippen LogP contribution >= 0.6 is 0 Å². The van der Waals surface area contributed by atoms with Crippen LogP contribution in [0.5, 0.6) is 0 Å². The van der Waals surface area contributed by atoms with E-state index in [1.807, 2.05) is 27.7 Å². The van der Waals surface area contributed by atoms with Crippen molar-refractivity contribution in [2.45, 2.75) is 52.6 Å². The van der Waals surface area contributed by atoms with Gasteiger partial charge in [-0.15, -0.1) is 0 Å². The van der Waals surface area contributed by atoms with Crippen LogP contribution in [0.3, 0.4) is 0 Å². The second kappa shape index (κ2) is 11.3. The average molecular weight is 422 g/mol. The zero-order valence-corrected chi connectivity index (χ0v) is 18.2. The number of carbonyl (C=O) groups excluding carboxylic acids is 3. The molecule has 2 unspecified atom stereocenters. The quantitative estimate of drug-likeness (QED) is 0.570. The van der Waals surface area contributed by atoms with Crippen molar-refractivity contribution in [3.05, 3.63) is 29.6 Å². The first-order chi connectivity index (χ1) is 14.0. The zero-order chi connectivity index (χ0) is 23.0. The number of aromatic nitrogens is 1. The van der Waals surface area contributed by atoms with Crippen molar-refractivity contribution < 1.29 is 33.8 Å². The van der Waals surface area contributed by atoms with Gasteiger partial charge in [0.05, 0.1) is 19.8 Å². The van der Waals surface area contributed by atoms with E-state index in [2.05, 4.69) is 4.98 Å². The highest BCUT2D eigenvalue weighted by Gasteiger charge is 2.41. The second-order valence-electron chi connectivity index (χ2n) is 7.78. The Kier molecular flexibility index (Phi) is 9.42. The molecular formula is C21H30N2O7. The van der Waals surface area contributed by atoms with Gasteiger partial charge in [-0.1, -0.05) is 27.7 Å². The minimum Gasteiger partial charge on any atom is -0.478 e. The monoisotopic (exact) mass is 422 g/mol. The number of hydrogen-bond donors (Lipinski definition) is 1. The molecule has 0 bridgehead atoms. The van der Waals surface area contributed by atoms with Crippen LogP contribution in [0.4, 0.5) is 0 Å². The summed E-state index contributed by atoms with van der Waals surface area (Å²) < 4.78 is 9.82.